The molecule has 0 aliphatic carbocycles. The molecule has 1 N–H and O–H groups in total. The largest absolute Gasteiger partial charge is 0.491 e. The first-order valence-electron chi connectivity index (χ1n) is 8.16. The fourth-order valence-corrected chi connectivity index (χ4v) is 2.85. The van der Waals surface area contributed by atoms with Gasteiger partial charge in [0.25, 0.3) is 0 Å². The highest BCUT2D eigenvalue weighted by molar-refractivity contribution is 5.89. The Hall–Kier alpha value is -3.28. The van der Waals surface area contributed by atoms with Crippen LogP contribution < -0.4 is 10.1 Å². The molecule has 0 atom stereocenters. The number of aromatic nitrogens is 2. The third-order valence-corrected chi connectivity index (χ3v) is 4.11. The maximum Gasteiger partial charge on any atom is 0.322 e. The van der Waals surface area contributed by atoms with E-state index in [0.29, 0.717) is 19.7 Å². The molecule has 126 valence electrons. The number of urea groups is 1. The molecule has 0 radical (unpaired) electrons. The van der Waals surface area contributed by atoms with Crippen molar-refractivity contribution in [2.24, 2.45) is 0 Å². The van der Waals surface area contributed by atoms with Gasteiger partial charge in [-0.25, -0.2) is 9.48 Å². The molecule has 2 aromatic carbocycles. The van der Waals surface area contributed by atoms with Crippen molar-refractivity contribution in [3.63, 3.8) is 0 Å². The molecule has 2 heterocycles. The Kier molecular flexibility index (Phi) is 4.08. The molecule has 0 unspecified atom stereocenters. The number of hydrogen-bond acceptors (Lipinski definition) is 3. The normalized spacial score (nSPS) is 13.5. The van der Waals surface area contributed by atoms with Crippen LogP contribution in [0.15, 0.2) is 67.0 Å². The van der Waals surface area contributed by atoms with Gasteiger partial charge in [-0.2, -0.15) is 5.10 Å². The van der Waals surface area contributed by atoms with E-state index in [1.807, 2.05) is 60.8 Å². The molecule has 0 fully saturated rings. The quantitative estimate of drug-likeness (QED) is 0.782. The molecule has 0 bridgehead atoms. The van der Waals surface area contributed by atoms with Crippen molar-refractivity contribution >= 4 is 11.7 Å². The van der Waals surface area contributed by atoms with Gasteiger partial charge in [-0.15, -0.1) is 0 Å². The number of rotatable bonds is 2. The lowest BCUT2D eigenvalue weighted by Gasteiger charge is -2.20. The Morgan fingerprint density at radius 1 is 1.12 bits per heavy atom. The van der Waals surface area contributed by atoms with Crippen molar-refractivity contribution in [1.82, 2.24) is 14.7 Å². The second-order valence-corrected chi connectivity index (χ2v) is 5.81. The summed E-state index contributed by atoms with van der Waals surface area (Å²) < 4.78 is 7.47. The molecule has 1 aromatic heterocycles. The number of carbonyl (C=O) groups excluding carboxylic acids is 1. The zero-order chi connectivity index (χ0) is 17.1. The lowest BCUT2D eigenvalue weighted by atomic mass is 10.2. The second-order valence-electron chi connectivity index (χ2n) is 5.81. The molecule has 1 aliphatic heterocycles. The van der Waals surface area contributed by atoms with E-state index in [-0.39, 0.29) is 6.03 Å². The minimum atomic E-state index is -0.141. The molecule has 6 nitrogen and oxygen atoms in total. The lowest BCUT2D eigenvalue weighted by Crippen LogP contribution is -2.36. The van der Waals surface area contributed by atoms with Crippen LogP contribution in [-0.4, -0.2) is 33.9 Å². The molecule has 0 spiro atoms. The fraction of sp³-hybridized carbons (Fsp3) is 0.158. The minimum Gasteiger partial charge on any atom is -0.491 e. The van der Waals surface area contributed by atoms with Gasteiger partial charge in [-0.3, -0.25) is 0 Å². The highest BCUT2D eigenvalue weighted by Crippen LogP contribution is 2.23. The lowest BCUT2D eigenvalue weighted by molar-refractivity contribution is 0.200. The summed E-state index contributed by atoms with van der Waals surface area (Å²) in [6.45, 7) is 1.55. The Bertz CT molecular complexity index is 877. The molecule has 0 saturated carbocycles. The molecule has 25 heavy (non-hydrogen) atoms. The number of benzene rings is 2. The van der Waals surface area contributed by atoms with Crippen molar-refractivity contribution in [3.05, 3.63) is 72.6 Å². The summed E-state index contributed by atoms with van der Waals surface area (Å²) in [6.07, 6.45) is 3.59. The third-order valence-electron chi connectivity index (χ3n) is 4.11. The smallest absolute Gasteiger partial charge is 0.322 e. The number of fused-ring (bicyclic) bond motifs is 1. The van der Waals surface area contributed by atoms with Gasteiger partial charge in [0.05, 0.1) is 18.8 Å². The van der Waals surface area contributed by atoms with E-state index in [2.05, 4.69) is 10.4 Å². The van der Waals surface area contributed by atoms with Gasteiger partial charge < -0.3 is 15.0 Å². The number of amides is 2. The van der Waals surface area contributed by atoms with E-state index in [1.165, 1.54) is 0 Å². The van der Waals surface area contributed by atoms with E-state index >= 15 is 0 Å². The van der Waals surface area contributed by atoms with E-state index in [9.17, 15) is 4.79 Å². The maximum absolute atomic E-state index is 12.7. The van der Waals surface area contributed by atoms with Crippen LogP contribution in [0.3, 0.4) is 0 Å². The number of ether oxygens (including phenoxy) is 1. The Morgan fingerprint density at radius 2 is 2.04 bits per heavy atom. The van der Waals surface area contributed by atoms with Crippen molar-refractivity contribution in [3.8, 4) is 11.4 Å². The van der Waals surface area contributed by atoms with Crippen molar-refractivity contribution < 1.29 is 9.53 Å². The van der Waals surface area contributed by atoms with Gasteiger partial charge >= 0.3 is 6.03 Å². The van der Waals surface area contributed by atoms with Crippen molar-refractivity contribution in [2.45, 2.75) is 6.54 Å². The van der Waals surface area contributed by atoms with E-state index in [1.54, 1.807) is 15.8 Å². The van der Waals surface area contributed by atoms with Crippen LogP contribution >= 0.6 is 0 Å². The van der Waals surface area contributed by atoms with E-state index in [4.69, 9.17) is 4.74 Å². The summed E-state index contributed by atoms with van der Waals surface area (Å²) in [6, 6.07) is 17.1. The number of carbonyl (C=O) groups is 1. The summed E-state index contributed by atoms with van der Waals surface area (Å²) in [5.41, 5.74) is 2.64. The summed E-state index contributed by atoms with van der Waals surface area (Å²) in [5.74, 6) is 0.846. The number of nitrogens with zero attached hydrogens (tertiary/aromatic N) is 3. The molecular formula is C19H18N4O2. The number of nitrogens with one attached hydrogen (secondary N) is 1. The second kappa shape index (κ2) is 6.68. The fourth-order valence-electron chi connectivity index (χ4n) is 2.85. The topological polar surface area (TPSA) is 59.4 Å². The maximum atomic E-state index is 12.7. The highest BCUT2D eigenvalue weighted by Gasteiger charge is 2.19. The number of para-hydroxylation sites is 1. The Balaban J connectivity index is 1.50. The zero-order valence-electron chi connectivity index (χ0n) is 13.6. The molecule has 4 rings (SSSR count). The molecule has 1 aliphatic rings. The van der Waals surface area contributed by atoms with E-state index < -0.39 is 0 Å². The first-order chi connectivity index (χ1) is 12.3. The Morgan fingerprint density at radius 3 is 2.92 bits per heavy atom. The standard InChI is InChI=1S/C19H18N4O2/c24-19(22-11-12-25-18-8-2-1-5-15(18)14-22)21-16-6-3-7-17(13-16)23-10-4-9-20-23/h1-10,13H,11-12,14H2,(H,21,24). The predicted octanol–water partition coefficient (Wildman–Crippen LogP) is 3.30. The predicted molar refractivity (Wildman–Crippen MR) is 94.9 cm³/mol. The first-order valence-corrected chi connectivity index (χ1v) is 8.16. The number of hydrogen-bond donors (Lipinski definition) is 1. The Labute approximate surface area is 145 Å². The average molecular weight is 334 g/mol. The van der Waals surface area contributed by atoms with Crippen molar-refractivity contribution in [1.29, 1.82) is 0 Å². The summed E-state index contributed by atoms with van der Waals surface area (Å²) in [5, 5.41) is 7.17. The highest BCUT2D eigenvalue weighted by atomic mass is 16.5. The third kappa shape index (κ3) is 3.33. The average Bonchev–Trinajstić information content (AvgIpc) is 3.08. The molecule has 2 amide bonds. The van der Waals surface area contributed by atoms with Crippen LogP contribution in [0.2, 0.25) is 0 Å². The van der Waals surface area contributed by atoms with Crippen LogP contribution in [-0.2, 0) is 6.54 Å². The first kappa shape index (κ1) is 15.3. The van der Waals surface area contributed by atoms with Crippen LogP contribution in [0, 0.1) is 0 Å². The van der Waals surface area contributed by atoms with Gasteiger partial charge in [-0.1, -0.05) is 24.3 Å². The van der Waals surface area contributed by atoms with Gasteiger partial charge in [-0.05, 0) is 30.3 Å². The van der Waals surface area contributed by atoms with Crippen LogP contribution in [0.1, 0.15) is 5.56 Å². The van der Waals surface area contributed by atoms with Gasteiger partial charge in [0.15, 0.2) is 0 Å². The summed E-state index contributed by atoms with van der Waals surface area (Å²) in [4.78, 5) is 14.4. The van der Waals surface area contributed by atoms with Crippen LogP contribution in [0.5, 0.6) is 5.75 Å². The zero-order valence-corrected chi connectivity index (χ0v) is 13.6. The van der Waals surface area contributed by atoms with Gasteiger partial charge in [0.1, 0.15) is 12.4 Å². The number of anilines is 1. The molecule has 0 saturated heterocycles. The summed E-state index contributed by atoms with van der Waals surface area (Å²) >= 11 is 0. The van der Waals surface area contributed by atoms with Gasteiger partial charge in [0.2, 0.25) is 0 Å². The molecule has 6 heteroatoms. The summed E-state index contributed by atoms with van der Waals surface area (Å²) in [7, 11) is 0. The molecular weight excluding hydrogens is 316 g/mol. The van der Waals surface area contributed by atoms with Crippen LogP contribution in [0.25, 0.3) is 5.69 Å². The minimum absolute atomic E-state index is 0.141. The van der Waals surface area contributed by atoms with Gasteiger partial charge in [0, 0.05) is 23.6 Å². The van der Waals surface area contributed by atoms with E-state index in [0.717, 1.165) is 22.7 Å². The van der Waals surface area contributed by atoms with Crippen LogP contribution in [0.4, 0.5) is 10.5 Å². The SMILES string of the molecule is O=C(Nc1cccc(-n2cccn2)c1)N1CCOc2ccccc2C1. The monoisotopic (exact) mass is 334 g/mol. The molecule has 3 aromatic rings. The van der Waals surface area contributed by atoms with Crippen molar-refractivity contribution in [2.75, 3.05) is 18.5 Å².